The standard InChI is InChI=1S/C14H15BrN2S/c1-10(16)8-11-4-2-3-5-13(11)18-14-7-6-12(15)9-17-14/h2-7,9-10H,8,16H2,1H3. The quantitative estimate of drug-likeness (QED) is 0.928. The predicted molar refractivity (Wildman–Crippen MR) is 79.9 cm³/mol. The van der Waals surface area contributed by atoms with Crippen molar-refractivity contribution in [3.63, 3.8) is 0 Å². The van der Waals surface area contributed by atoms with E-state index in [4.69, 9.17) is 5.73 Å². The average Bonchev–Trinajstić information content (AvgIpc) is 2.34. The number of hydrogen-bond acceptors (Lipinski definition) is 3. The molecule has 0 aliphatic rings. The average molecular weight is 323 g/mol. The summed E-state index contributed by atoms with van der Waals surface area (Å²) in [4.78, 5) is 5.61. The lowest BCUT2D eigenvalue weighted by Gasteiger charge is -2.10. The van der Waals surface area contributed by atoms with Gasteiger partial charge in [-0.05, 0) is 53.0 Å². The van der Waals surface area contributed by atoms with Crippen molar-refractivity contribution in [1.82, 2.24) is 4.98 Å². The smallest absolute Gasteiger partial charge is 0.101 e. The van der Waals surface area contributed by atoms with Crippen LogP contribution in [0.4, 0.5) is 0 Å². The Labute approximate surface area is 120 Å². The summed E-state index contributed by atoms with van der Waals surface area (Å²) in [6, 6.07) is 12.5. The van der Waals surface area contributed by atoms with Gasteiger partial charge in [0.1, 0.15) is 5.03 Å². The summed E-state index contributed by atoms with van der Waals surface area (Å²) in [5.41, 5.74) is 7.16. The van der Waals surface area contributed by atoms with Crippen LogP contribution in [0, 0.1) is 0 Å². The molecule has 0 spiro atoms. The fraction of sp³-hybridized carbons (Fsp3) is 0.214. The van der Waals surface area contributed by atoms with Crippen LogP contribution in [0.2, 0.25) is 0 Å². The maximum absolute atomic E-state index is 5.88. The van der Waals surface area contributed by atoms with Crippen LogP contribution in [0.5, 0.6) is 0 Å². The normalized spacial score (nSPS) is 12.4. The van der Waals surface area contributed by atoms with Crippen molar-refractivity contribution in [3.8, 4) is 0 Å². The van der Waals surface area contributed by atoms with E-state index in [9.17, 15) is 0 Å². The summed E-state index contributed by atoms with van der Waals surface area (Å²) in [7, 11) is 0. The SMILES string of the molecule is CC(N)Cc1ccccc1Sc1ccc(Br)cn1. The van der Waals surface area contributed by atoms with Gasteiger partial charge in [0, 0.05) is 21.6 Å². The van der Waals surface area contributed by atoms with Gasteiger partial charge in [-0.15, -0.1) is 0 Å². The zero-order chi connectivity index (χ0) is 13.0. The Morgan fingerprint density at radius 3 is 2.72 bits per heavy atom. The van der Waals surface area contributed by atoms with Gasteiger partial charge in [-0.3, -0.25) is 0 Å². The summed E-state index contributed by atoms with van der Waals surface area (Å²) < 4.78 is 0.996. The second kappa shape index (κ2) is 6.36. The maximum Gasteiger partial charge on any atom is 0.101 e. The largest absolute Gasteiger partial charge is 0.328 e. The molecule has 0 saturated carbocycles. The molecule has 1 aromatic heterocycles. The van der Waals surface area contributed by atoms with E-state index in [1.165, 1.54) is 10.5 Å². The first-order valence-corrected chi connectivity index (χ1v) is 7.39. The van der Waals surface area contributed by atoms with Gasteiger partial charge in [-0.25, -0.2) is 4.98 Å². The third-order valence-electron chi connectivity index (χ3n) is 2.43. The van der Waals surface area contributed by atoms with Gasteiger partial charge in [-0.1, -0.05) is 30.0 Å². The first-order chi connectivity index (χ1) is 8.65. The summed E-state index contributed by atoms with van der Waals surface area (Å²) in [6.07, 6.45) is 2.70. The van der Waals surface area contributed by atoms with Crippen molar-refractivity contribution in [2.24, 2.45) is 5.73 Å². The van der Waals surface area contributed by atoms with Crippen molar-refractivity contribution in [2.45, 2.75) is 29.3 Å². The lowest BCUT2D eigenvalue weighted by Crippen LogP contribution is -2.18. The van der Waals surface area contributed by atoms with E-state index in [1.54, 1.807) is 11.8 Å². The molecule has 94 valence electrons. The van der Waals surface area contributed by atoms with E-state index >= 15 is 0 Å². The molecule has 0 aliphatic carbocycles. The van der Waals surface area contributed by atoms with Gasteiger partial charge >= 0.3 is 0 Å². The molecule has 1 unspecified atom stereocenters. The van der Waals surface area contributed by atoms with Gasteiger partial charge in [0.05, 0.1) is 0 Å². The fourth-order valence-electron chi connectivity index (χ4n) is 1.65. The lowest BCUT2D eigenvalue weighted by atomic mass is 10.1. The van der Waals surface area contributed by atoms with Gasteiger partial charge in [-0.2, -0.15) is 0 Å². The first-order valence-electron chi connectivity index (χ1n) is 5.78. The van der Waals surface area contributed by atoms with Crippen molar-refractivity contribution in [2.75, 3.05) is 0 Å². The van der Waals surface area contributed by atoms with Gasteiger partial charge in [0.25, 0.3) is 0 Å². The summed E-state index contributed by atoms with van der Waals surface area (Å²) in [5.74, 6) is 0. The molecule has 0 saturated heterocycles. The molecule has 1 heterocycles. The van der Waals surface area contributed by atoms with Crippen molar-refractivity contribution >= 4 is 27.7 Å². The number of hydrogen-bond donors (Lipinski definition) is 1. The topological polar surface area (TPSA) is 38.9 Å². The molecular formula is C14H15BrN2S. The van der Waals surface area contributed by atoms with E-state index in [-0.39, 0.29) is 6.04 Å². The molecule has 1 atom stereocenters. The minimum atomic E-state index is 0.171. The second-order valence-electron chi connectivity index (χ2n) is 4.21. The Hall–Kier alpha value is -0.840. The molecule has 0 radical (unpaired) electrons. The van der Waals surface area contributed by atoms with Crippen LogP contribution < -0.4 is 5.73 Å². The highest BCUT2D eigenvalue weighted by Gasteiger charge is 2.06. The minimum absolute atomic E-state index is 0.171. The van der Waals surface area contributed by atoms with Crippen LogP contribution in [0.25, 0.3) is 0 Å². The molecule has 18 heavy (non-hydrogen) atoms. The number of nitrogens with two attached hydrogens (primary N) is 1. The van der Waals surface area contributed by atoms with Gasteiger partial charge < -0.3 is 5.73 Å². The maximum atomic E-state index is 5.88. The number of nitrogens with zero attached hydrogens (tertiary/aromatic N) is 1. The van der Waals surface area contributed by atoms with E-state index in [0.717, 1.165) is 15.9 Å². The molecule has 2 aromatic rings. The van der Waals surface area contributed by atoms with Gasteiger partial charge in [0.2, 0.25) is 0 Å². The number of halogens is 1. The molecule has 0 bridgehead atoms. The Balaban J connectivity index is 2.20. The molecule has 2 N–H and O–H groups in total. The molecule has 2 nitrogen and oxygen atoms in total. The van der Waals surface area contributed by atoms with E-state index < -0.39 is 0 Å². The van der Waals surface area contributed by atoms with E-state index in [2.05, 4.69) is 39.1 Å². The lowest BCUT2D eigenvalue weighted by molar-refractivity contribution is 0.729. The Morgan fingerprint density at radius 1 is 1.28 bits per heavy atom. The van der Waals surface area contributed by atoms with E-state index in [1.807, 2.05) is 31.3 Å². The zero-order valence-corrected chi connectivity index (χ0v) is 12.5. The van der Waals surface area contributed by atoms with E-state index in [0.29, 0.717) is 0 Å². The van der Waals surface area contributed by atoms with Crippen LogP contribution >= 0.6 is 27.7 Å². The highest BCUT2D eigenvalue weighted by atomic mass is 79.9. The molecule has 1 aromatic carbocycles. The second-order valence-corrected chi connectivity index (χ2v) is 6.18. The molecule has 4 heteroatoms. The Morgan fingerprint density at radius 2 is 2.06 bits per heavy atom. The van der Waals surface area contributed by atoms with Crippen molar-refractivity contribution < 1.29 is 0 Å². The summed E-state index contributed by atoms with van der Waals surface area (Å²) in [5, 5.41) is 0.996. The molecule has 0 fully saturated rings. The van der Waals surface area contributed by atoms with Crippen molar-refractivity contribution in [3.05, 3.63) is 52.6 Å². The predicted octanol–water partition coefficient (Wildman–Crippen LogP) is 3.89. The van der Waals surface area contributed by atoms with Crippen LogP contribution in [-0.2, 0) is 6.42 Å². The monoisotopic (exact) mass is 322 g/mol. The highest BCUT2D eigenvalue weighted by molar-refractivity contribution is 9.10. The summed E-state index contributed by atoms with van der Waals surface area (Å²) >= 11 is 5.07. The van der Waals surface area contributed by atoms with Crippen molar-refractivity contribution in [1.29, 1.82) is 0 Å². The molecular weight excluding hydrogens is 308 g/mol. The van der Waals surface area contributed by atoms with Crippen LogP contribution in [-0.4, -0.2) is 11.0 Å². The number of benzene rings is 1. The highest BCUT2D eigenvalue weighted by Crippen LogP contribution is 2.30. The minimum Gasteiger partial charge on any atom is -0.328 e. The van der Waals surface area contributed by atoms with Crippen LogP contribution in [0.1, 0.15) is 12.5 Å². The molecule has 0 amide bonds. The number of pyridine rings is 1. The first kappa shape index (κ1) is 13.6. The summed E-state index contributed by atoms with van der Waals surface area (Å²) in [6.45, 7) is 2.03. The Bertz CT molecular complexity index is 511. The zero-order valence-electron chi connectivity index (χ0n) is 10.1. The van der Waals surface area contributed by atoms with Crippen LogP contribution in [0.15, 0.2) is 57.0 Å². The molecule has 0 aliphatic heterocycles. The van der Waals surface area contributed by atoms with Crippen LogP contribution in [0.3, 0.4) is 0 Å². The third-order valence-corrected chi connectivity index (χ3v) is 3.97. The molecule has 2 rings (SSSR count). The van der Waals surface area contributed by atoms with Gasteiger partial charge in [0.15, 0.2) is 0 Å². The Kier molecular flexibility index (Phi) is 4.80. The fourth-order valence-corrected chi connectivity index (χ4v) is 2.78. The number of rotatable bonds is 4. The third kappa shape index (κ3) is 3.83. The number of aromatic nitrogens is 1.